The van der Waals surface area contributed by atoms with Crippen LogP contribution in [0.1, 0.15) is 24.0 Å². The Morgan fingerprint density at radius 1 is 1.11 bits per heavy atom. The van der Waals surface area contributed by atoms with Gasteiger partial charge in [0.2, 0.25) is 10.0 Å². The van der Waals surface area contributed by atoms with Gasteiger partial charge in [-0.15, -0.1) is 5.10 Å². The Labute approximate surface area is 166 Å². The average molecular weight is 406 g/mol. The van der Waals surface area contributed by atoms with Gasteiger partial charge in [0.15, 0.2) is 5.82 Å². The first-order chi connectivity index (χ1) is 13.4. The number of methoxy groups -OCH3 is 1. The van der Waals surface area contributed by atoms with Gasteiger partial charge >= 0.3 is 0 Å². The Morgan fingerprint density at radius 2 is 1.86 bits per heavy atom. The highest BCUT2D eigenvalue weighted by molar-refractivity contribution is 7.89. The van der Waals surface area contributed by atoms with Crippen LogP contribution in [0.5, 0.6) is 5.75 Å². The van der Waals surface area contributed by atoms with Crippen LogP contribution in [-0.4, -0.2) is 51.9 Å². The molecule has 1 aliphatic heterocycles. The van der Waals surface area contributed by atoms with Crippen molar-refractivity contribution in [2.75, 3.05) is 43.5 Å². The summed E-state index contributed by atoms with van der Waals surface area (Å²) < 4.78 is 33.1. The van der Waals surface area contributed by atoms with Crippen LogP contribution < -0.4 is 19.7 Å². The van der Waals surface area contributed by atoms with Gasteiger partial charge in [-0.2, -0.15) is 5.10 Å². The van der Waals surface area contributed by atoms with E-state index in [4.69, 9.17) is 4.74 Å². The monoisotopic (exact) mass is 405 g/mol. The van der Waals surface area contributed by atoms with Crippen LogP contribution in [0.2, 0.25) is 0 Å². The van der Waals surface area contributed by atoms with E-state index < -0.39 is 10.0 Å². The first-order valence-corrected chi connectivity index (χ1v) is 10.9. The van der Waals surface area contributed by atoms with Gasteiger partial charge in [0.25, 0.3) is 0 Å². The van der Waals surface area contributed by atoms with Gasteiger partial charge in [0.05, 0.1) is 23.9 Å². The van der Waals surface area contributed by atoms with Crippen molar-refractivity contribution >= 4 is 21.5 Å². The van der Waals surface area contributed by atoms with Crippen LogP contribution in [0.4, 0.5) is 11.5 Å². The predicted molar refractivity (Wildman–Crippen MR) is 110 cm³/mol. The number of rotatable bonds is 8. The molecule has 2 aromatic rings. The van der Waals surface area contributed by atoms with Crippen LogP contribution in [0.3, 0.4) is 0 Å². The molecule has 0 saturated carbocycles. The zero-order chi connectivity index (χ0) is 20.1. The number of hydrogen-bond acceptors (Lipinski definition) is 7. The molecule has 8 nitrogen and oxygen atoms in total. The summed E-state index contributed by atoms with van der Waals surface area (Å²) in [6.07, 6.45) is 4.14. The largest absolute Gasteiger partial charge is 0.496 e. The summed E-state index contributed by atoms with van der Waals surface area (Å²) in [6.45, 7) is 6.30. The van der Waals surface area contributed by atoms with Crippen molar-refractivity contribution in [3.8, 4) is 5.75 Å². The molecule has 3 rings (SSSR count). The molecule has 28 heavy (non-hydrogen) atoms. The number of hydrogen-bond donors (Lipinski definition) is 2. The standard InChI is InChI=1S/C19H27N5O3S/c1-14-11-18(15(2)10-17(14)27-3)28(25,26)22-7-6-20-19-12-16(13-21-23-19)24-8-4-5-9-24/h10-13,22H,4-9H2,1-3H3,(H,20,23). The average Bonchev–Trinajstić information content (AvgIpc) is 3.22. The molecular formula is C19H27N5O3S. The lowest BCUT2D eigenvalue weighted by atomic mass is 10.1. The summed E-state index contributed by atoms with van der Waals surface area (Å²) in [5.41, 5.74) is 2.47. The molecule has 0 atom stereocenters. The minimum absolute atomic E-state index is 0.239. The second-order valence-electron chi connectivity index (χ2n) is 6.91. The number of benzene rings is 1. The number of aromatic nitrogens is 2. The SMILES string of the molecule is COc1cc(C)c(S(=O)(=O)NCCNc2cc(N3CCCC3)cnn2)cc1C. The predicted octanol–water partition coefficient (Wildman–Crippen LogP) is 2.09. The second kappa shape index (κ2) is 8.74. The Hall–Kier alpha value is -2.39. The highest BCUT2D eigenvalue weighted by Crippen LogP contribution is 2.25. The highest BCUT2D eigenvalue weighted by Gasteiger charge is 2.18. The third kappa shape index (κ3) is 4.71. The fraction of sp³-hybridized carbons (Fsp3) is 0.474. The molecule has 0 bridgehead atoms. The third-order valence-electron chi connectivity index (χ3n) is 4.82. The van der Waals surface area contributed by atoms with Crippen molar-refractivity contribution in [1.29, 1.82) is 0 Å². The van der Waals surface area contributed by atoms with E-state index >= 15 is 0 Å². The minimum Gasteiger partial charge on any atom is -0.496 e. The van der Waals surface area contributed by atoms with E-state index in [1.807, 2.05) is 13.0 Å². The number of nitrogens with zero attached hydrogens (tertiary/aromatic N) is 3. The van der Waals surface area contributed by atoms with Gasteiger partial charge in [-0.1, -0.05) is 0 Å². The van der Waals surface area contributed by atoms with Crippen LogP contribution in [0.15, 0.2) is 29.3 Å². The highest BCUT2D eigenvalue weighted by atomic mass is 32.2. The van der Waals surface area contributed by atoms with E-state index in [2.05, 4.69) is 25.1 Å². The fourth-order valence-corrected chi connectivity index (χ4v) is 4.66. The summed E-state index contributed by atoms with van der Waals surface area (Å²) >= 11 is 0. The van der Waals surface area contributed by atoms with Gasteiger partial charge in [0.1, 0.15) is 5.75 Å². The maximum absolute atomic E-state index is 12.6. The first kappa shape index (κ1) is 20.3. The fourth-order valence-electron chi connectivity index (χ4n) is 3.32. The molecule has 0 amide bonds. The maximum Gasteiger partial charge on any atom is 0.240 e. The van der Waals surface area contributed by atoms with Crippen LogP contribution in [0.25, 0.3) is 0 Å². The van der Waals surface area contributed by atoms with Crippen molar-refractivity contribution in [3.05, 3.63) is 35.5 Å². The molecule has 1 aromatic heterocycles. The van der Waals surface area contributed by atoms with Crippen LogP contribution in [-0.2, 0) is 10.0 Å². The van der Waals surface area contributed by atoms with Gasteiger partial charge in [0, 0.05) is 32.2 Å². The summed E-state index contributed by atoms with van der Waals surface area (Å²) in [7, 11) is -2.03. The molecule has 1 aromatic carbocycles. The van der Waals surface area contributed by atoms with Gasteiger partial charge in [-0.3, -0.25) is 0 Å². The summed E-state index contributed by atoms with van der Waals surface area (Å²) in [5, 5.41) is 11.2. The molecule has 1 saturated heterocycles. The molecular weight excluding hydrogens is 378 g/mol. The summed E-state index contributed by atoms with van der Waals surface area (Å²) in [4.78, 5) is 2.54. The molecule has 0 aliphatic carbocycles. The molecule has 152 valence electrons. The molecule has 0 radical (unpaired) electrons. The van der Waals surface area contributed by atoms with E-state index in [0.717, 1.165) is 24.3 Å². The van der Waals surface area contributed by atoms with E-state index in [1.54, 1.807) is 32.4 Å². The topological polar surface area (TPSA) is 96.5 Å². The second-order valence-corrected chi connectivity index (χ2v) is 8.64. The third-order valence-corrected chi connectivity index (χ3v) is 6.42. The number of sulfonamides is 1. The van der Waals surface area contributed by atoms with Crippen molar-refractivity contribution in [2.45, 2.75) is 31.6 Å². The lowest BCUT2D eigenvalue weighted by Crippen LogP contribution is -2.29. The van der Waals surface area contributed by atoms with Crippen molar-refractivity contribution in [3.63, 3.8) is 0 Å². The van der Waals surface area contributed by atoms with E-state index in [0.29, 0.717) is 23.7 Å². The Morgan fingerprint density at radius 3 is 2.57 bits per heavy atom. The van der Waals surface area contributed by atoms with Crippen LogP contribution in [0, 0.1) is 13.8 Å². The van der Waals surface area contributed by atoms with Gasteiger partial charge in [-0.05, 0) is 49.9 Å². The molecule has 1 aliphatic rings. The molecule has 1 fully saturated rings. The molecule has 2 heterocycles. The zero-order valence-electron chi connectivity index (χ0n) is 16.5. The first-order valence-electron chi connectivity index (χ1n) is 9.37. The Kier molecular flexibility index (Phi) is 6.35. The van der Waals surface area contributed by atoms with Gasteiger partial charge in [-0.25, -0.2) is 13.1 Å². The van der Waals surface area contributed by atoms with E-state index in [9.17, 15) is 8.42 Å². The normalized spacial score (nSPS) is 14.3. The molecule has 0 unspecified atom stereocenters. The van der Waals surface area contributed by atoms with Crippen LogP contribution >= 0.6 is 0 Å². The van der Waals surface area contributed by atoms with E-state index in [1.165, 1.54) is 12.8 Å². The van der Waals surface area contributed by atoms with Crippen molar-refractivity contribution in [1.82, 2.24) is 14.9 Å². The lowest BCUT2D eigenvalue weighted by molar-refractivity contribution is 0.411. The lowest BCUT2D eigenvalue weighted by Gasteiger charge is -2.17. The number of ether oxygens (including phenoxy) is 1. The number of anilines is 2. The van der Waals surface area contributed by atoms with E-state index in [-0.39, 0.29) is 11.4 Å². The van der Waals surface area contributed by atoms with Gasteiger partial charge < -0.3 is 15.0 Å². The Bertz CT molecular complexity index is 927. The summed E-state index contributed by atoms with van der Waals surface area (Å²) in [6, 6.07) is 5.32. The molecule has 9 heteroatoms. The minimum atomic E-state index is -3.60. The molecule has 0 spiro atoms. The van der Waals surface area contributed by atoms with Crippen molar-refractivity contribution < 1.29 is 13.2 Å². The summed E-state index contributed by atoms with van der Waals surface area (Å²) in [5.74, 6) is 1.31. The number of nitrogens with one attached hydrogen (secondary N) is 2. The maximum atomic E-state index is 12.6. The Balaban J connectivity index is 1.57. The van der Waals surface area contributed by atoms with Crippen molar-refractivity contribution in [2.24, 2.45) is 0 Å². The number of aryl methyl sites for hydroxylation is 2. The molecule has 2 N–H and O–H groups in total. The quantitative estimate of drug-likeness (QED) is 0.649. The smallest absolute Gasteiger partial charge is 0.240 e. The zero-order valence-corrected chi connectivity index (χ0v) is 17.3.